The van der Waals surface area contributed by atoms with Crippen LogP contribution in [0.5, 0.6) is 0 Å². The van der Waals surface area contributed by atoms with Crippen LogP contribution in [0.25, 0.3) is 0 Å². The lowest BCUT2D eigenvalue weighted by Gasteiger charge is -2.34. The summed E-state index contributed by atoms with van der Waals surface area (Å²) in [7, 11) is 0. The van der Waals surface area contributed by atoms with Crippen LogP contribution in [0.3, 0.4) is 0 Å². The van der Waals surface area contributed by atoms with E-state index in [1.165, 1.54) is 17.7 Å². The molecule has 1 amide bonds. The molecule has 4 nitrogen and oxygen atoms in total. The maximum Gasteiger partial charge on any atom is 0.238 e. The Balaban J connectivity index is 1.42. The lowest BCUT2D eigenvalue weighted by Crippen LogP contribution is -2.48. The number of hydrogen-bond donors (Lipinski definition) is 1. The molecule has 0 aliphatic carbocycles. The van der Waals surface area contributed by atoms with Gasteiger partial charge in [-0.15, -0.1) is 0 Å². The molecule has 1 fully saturated rings. The molecule has 0 atom stereocenters. The summed E-state index contributed by atoms with van der Waals surface area (Å²) in [6.07, 6.45) is 0. The number of hydrogen-bond acceptors (Lipinski definition) is 3. The molecule has 0 unspecified atom stereocenters. The average molecular weight is 362 g/mol. The molecule has 25 heavy (non-hydrogen) atoms. The highest BCUT2D eigenvalue weighted by atomic mass is 35.5. The van der Waals surface area contributed by atoms with E-state index in [0.717, 1.165) is 37.7 Å². The molecule has 0 aromatic heterocycles. The Bertz CT molecular complexity index is 715. The number of nitrogens with one attached hydrogen (secondary N) is 1. The highest BCUT2D eigenvalue weighted by molar-refractivity contribution is 6.30. The first-order chi connectivity index (χ1) is 12.1. The van der Waals surface area contributed by atoms with Crippen LogP contribution >= 0.6 is 11.6 Å². The molecule has 0 spiro atoms. The first-order valence-corrected chi connectivity index (χ1v) is 8.71. The van der Waals surface area contributed by atoms with E-state index in [4.69, 9.17) is 11.6 Å². The fourth-order valence-corrected chi connectivity index (χ4v) is 3.05. The van der Waals surface area contributed by atoms with Crippen molar-refractivity contribution in [2.75, 3.05) is 38.0 Å². The van der Waals surface area contributed by atoms with Gasteiger partial charge in [0.1, 0.15) is 5.82 Å². The van der Waals surface area contributed by atoms with Crippen LogP contribution in [0, 0.1) is 5.82 Å². The minimum atomic E-state index is -0.353. The van der Waals surface area contributed by atoms with Gasteiger partial charge in [-0.25, -0.2) is 4.39 Å². The van der Waals surface area contributed by atoms with Crippen LogP contribution in [-0.4, -0.2) is 48.4 Å². The van der Waals surface area contributed by atoms with E-state index in [2.05, 4.69) is 15.1 Å². The largest absolute Gasteiger partial charge is 0.325 e. The quantitative estimate of drug-likeness (QED) is 0.888. The van der Waals surface area contributed by atoms with Gasteiger partial charge in [-0.2, -0.15) is 0 Å². The molecule has 1 aliphatic heterocycles. The topological polar surface area (TPSA) is 35.6 Å². The molecule has 6 heteroatoms. The minimum absolute atomic E-state index is 0.114. The Labute approximate surface area is 152 Å². The molecular formula is C19H21ClFN3O. The lowest BCUT2D eigenvalue weighted by atomic mass is 10.2. The van der Waals surface area contributed by atoms with Gasteiger partial charge in [0, 0.05) is 43.4 Å². The number of carbonyl (C=O) groups excluding carboxylic acids is 1. The van der Waals surface area contributed by atoms with Crippen LogP contribution in [0.2, 0.25) is 5.02 Å². The second-order valence-electron chi connectivity index (χ2n) is 6.24. The first kappa shape index (κ1) is 17.9. The molecule has 2 aromatic carbocycles. The molecule has 3 rings (SSSR count). The second-order valence-corrected chi connectivity index (χ2v) is 6.67. The van der Waals surface area contributed by atoms with Crippen molar-refractivity contribution in [3.63, 3.8) is 0 Å². The molecule has 1 N–H and O–H groups in total. The molecule has 1 saturated heterocycles. The number of anilines is 1. The van der Waals surface area contributed by atoms with Crippen LogP contribution in [0.4, 0.5) is 10.1 Å². The van der Waals surface area contributed by atoms with Crippen molar-refractivity contribution in [2.45, 2.75) is 6.54 Å². The van der Waals surface area contributed by atoms with Gasteiger partial charge in [-0.05, 0) is 35.9 Å². The third-order valence-corrected chi connectivity index (χ3v) is 4.51. The van der Waals surface area contributed by atoms with Gasteiger partial charge in [0.2, 0.25) is 5.91 Å². The Morgan fingerprint density at radius 1 is 1.04 bits per heavy atom. The van der Waals surface area contributed by atoms with Crippen molar-refractivity contribution in [1.29, 1.82) is 0 Å². The zero-order valence-electron chi connectivity index (χ0n) is 13.9. The predicted molar refractivity (Wildman–Crippen MR) is 98.2 cm³/mol. The summed E-state index contributed by atoms with van der Waals surface area (Å²) in [4.78, 5) is 16.6. The number of carbonyl (C=O) groups is 1. The number of rotatable bonds is 5. The van der Waals surface area contributed by atoms with E-state index in [9.17, 15) is 9.18 Å². The van der Waals surface area contributed by atoms with Crippen molar-refractivity contribution >= 4 is 23.2 Å². The van der Waals surface area contributed by atoms with E-state index in [1.54, 1.807) is 12.1 Å². The van der Waals surface area contributed by atoms with E-state index >= 15 is 0 Å². The van der Waals surface area contributed by atoms with Crippen molar-refractivity contribution < 1.29 is 9.18 Å². The third-order valence-electron chi connectivity index (χ3n) is 4.26. The zero-order valence-corrected chi connectivity index (χ0v) is 14.7. The molecule has 132 valence electrons. The average Bonchev–Trinajstić information content (AvgIpc) is 2.59. The van der Waals surface area contributed by atoms with Crippen molar-refractivity contribution in [3.8, 4) is 0 Å². The number of nitrogens with zero attached hydrogens (tertiary/aromatic N) is 2. The fraction of sp³-hybridized carbons (Fsp3) is 0.316. The number of amides is 1. The first-order valence-electron chi connectivity index (χ1n) is 8.33. The van der Waals surface area contributed by atoms with Gasteiger partial charge in [0.05, 0.1) is 6.54 Å². The predicted octanol–water partition coefficient (Wildman–Crippen LogP) is 3.24. The van der Waals surface area contributed by atoms with Gasteiger partial charge >= 0.3 is 0 Å². The smallest absolute Gasteiger partial charge is 0.238 e. The van der Waals surface area contributed by atoms with E-state index in [1.807, 2.05) is 24.3 Å². The van der Waals surface area contributed by atoms with Crippen molar-refractivity contribution in [3.05, 3.63) is 64.9 Å². The normalized spacial score (nSPS) is 15.9. The summed E-state index contributed by atoms with van der Waals surface area (Å²) in [5.41, 5.74) is 1.73. The van der Waals surface area contributed by atoms with Crippen molar-refractivity contribution in [1.82, 2.24) is 9.80 Å². The Morgan fingerprint density at radius 3 is 2.40 bits per heavy atom. The highest BCUT2D eigenvalue weighted by Gasteiger charge is 2.19. The summed E-state index contributed by atoms with van der Waals surface area (Å²) in [6.45, 7) is 4.71. The standard InChI is InChI=1S/C19H21ClFN3O/c20-16-6-4-15(5-7-16)13-23-8-10-24(11-9-23)14-19(25)22-18-3-1-2-17(21)12-18/h1-7,12H,8-11,13-14H2,(H,22,25). The van der Waals surface area contributed by atoms with Gasteiger partial charge < -0.3 is 5.32 Å². The number of piperazine rings is 1. The molecular weight excluding hydrogens is 341 g/mol. The Hall–Kier alpha value is -1.95. The molecule has 1 aliphatic rings. The molecule has 1 heterocycles. The van der Waals surface area contributed by atoms with E-state index < -0.39 is 0 Å². The highest BCUT2D eigenvalue weighted by Crippen LogP contribution is 2.13. The van der Waals surface area contributed by atoms with Crippen LogP contribution < -0.4 is 5.32 Å². The lowest BCUT2D eigenvalue weighted by molar-refractivity contribution is -0.117. The van der Waals surface area contributed by atoms with Crippen molar-refractivity contribution in [2.24, 2.45) is 0 Å². The Kier molecular flexibility index (Phi) is 6.02. The number of benzene rings is 2. The van der Waals surface area contributed by atoms with Gasteiger partial charge in [0.15, 0.2) is 0 Å². The Morgan fingerprint density at radius 2 is 1.72 bits per heavy atom. The third kappa shape index (κ3) is 5.53. The number of halogens is 2. The summed E-state index contributed by atoms with van der Waals surface area (Å²) in [5, 5.41) is 3.49. The zero-order chi connectivity index (χ0) is 17.6. The summed E-state index contributed by atoms with van der Waals surface area (Å²) >= 11 is 5.91. The molecule has 0 radical (unpaired) electrons. The maximum atomic E-state index is 13.1. The van der Waals surface area contributed by atoms with Gasteiger partial charge in [0.25, 0.3) is 0 Å². The summed E-state index contributed by atoms with van der Waals surface area (Å²) in [5.74, 6) is -0.467. The SMILES string of the molecule is O=C(CN1CCN(Cc2ccc(Cl)cc2)CC1)Nc1cccc(F)c1. The van der Waals surface area contributed by atoms with Crippen LogP contribution in [-0.2, 0) is 11.3 Å². The maximum absolute atomic E-state index is 13.1. The summed E-state index contributed by atoms with van der Waals surface area (Å²) in [6, 6.07) is 13.8. The van der Waals surface area contributed by atoms with Gasteiger partial charge in [-0.3, -0.25) is 14.6 Å². The van der Waals surface area contributed by atoms with E-state index in [0.29, 0.717) is 12.2 Å². The van der Waals surface area contributed by atoms with Crippen LogP contribution in [0.15, 0.2) is 48.5 Å². The van der Waals surface area contributed by atoms with Gasteiger partial charge in [-0.1, -0.05) is 29.8 Å². The van der Waals surface area contributed by atoms with E-state index in [-0.39, 0.29) is 11.7 Å². The van der Waals surface area contributed by atoms with Crippen LogP contribution in [0.1, 0.15) is 5.56 Å². The molecule has 0 saturated carbocycles. The fourth-order valence-electron chi connectivity index (χ4n) is 2.92. The minimum Gasteiger partial charge on any atom is -0.325 e. The summed E-state index contributed by atoms with van der Waals surface area (Å²) < 4.78 is 13.1. The second kappa shape index (κ2) is 8.43. The monoisotopic (exact) mass is 361 g/mol. The molecule has 0 bridgehead atoms. The molecule has 2 aromatic rings.